The van der Waals surface area contributed by atoms with E-state index in [4.69, 9.17) is 14.2 Å². The van der Waals surface area contributed by atoms with Crippen molar-refractivity contribution in [3.8, 4) is 28.5 Å². The summed E-state index contributed by atoms with van der Waals surface area (Å²) >= 11 is 0. The summed E-state index contributed by atoms with van der Waals surface area (Å²) in [4.78, 5) is 21.1. The third kappa shape index (κ3) is 5.57. The van der Waals surface area contributed by atoms with E-state index in [2.05, 4.69) is 20.5 Å². The number of carbonyl (C=O) groups excluding carboxylic acids is 1. The lowest BCUT2D eigenvalue weighted by Gasteiger charge is -2.09. The van der Waals surface area contributed by atoms with Gasteiger partial charge < -0.3 is 14.2 Å². The summed E-state index contributed by atoms with van der Waals surface area (Å²) in [6, 6.07) is 11.0. The average molecular weight is 420 g/mol. The summed E-state index contributed by atoms with van der Waals surface area (Å²) in [6.45, 7) is 4.49. The Bertz CT molecular complexity index is 1080. The monoisotopic (exact) mass is 420 g/mol. The molecule has 31 heavy (non-hydrogen) atoms. The Morgan fingerprint density at radius 1 is 1.06 bits per heavy atom. The minimum absolute atomic E-state index is 0.158. The van der Waals surface area contributed by atoms with E-state index in [-0.39, 0.29) is 5.69 Å². The predicted molar refractivity (Wildman–Crippen MR) is 118 cm³/mol. The van der Waals surface area contributed by atoms with E-state index in [1.807, 2.05) is 32.0 Å². The fourth-order valence-electron chi connectivity index (χ4n) is 2.91. The van der Waals surface area contributed by atoms with Crippen LogP contribution < -0.4 is 19.6 Å². The molecule has 8 nitrogen and oxygen atoms in total. The number of carbonyl (C=O) groups is 1. The van der Waals surface area contributed by atoms with Crippen LogP contribution in [0.4, 0.5) is 0 Å². The molecule has 0 aliphatic rings. The smallest absolute Gasteiger partial charge is 0.291 e. The number of aromatic nitrogens is 2. The highest BCUT2D eigenvalue weighted by Crippen LogP contribution is 2.25. The van der Waals surface area contributed by atoms with Crippen LogP contribution in [0.25, 0.3) is 11.3 Å². The summed E-state index contributed by atoms with van der Waals surface area (Å²) < 4.78 is 16.0. The third-order valence-electron chi connectivity index (χ3n) is 4.41. The molecule has 0 unspecified atom stereocenters. The number of hydrazone groups is 1. The molecular formula is C23H24N4O4. The standard InChI is InChI=1S/C23H24N4O4/c1-5-31-17-6-7-20(15(2)8-17)21-13-24-14-22(26-21)23(28)27-25-12-16-9-18(29-3)11-19(10-16)30-4/h6-14H,5H2,1-4H3,(H,27,28)/b25-12+. The third-order valence-corrected chi connectivity index (χ3v) is 4.41. The lowest BCUT2D eigenvalue weighted by molar-refractivity contribution is 0.0950. The van der Waals surface area contributed by atoms with E-state index in [1.54, 1.807) is 38.6 Å². The van der Waals surface area contributed by atoms with Crippen molar-refractivity contribution >= 4 is 12.1 Å². The Balaban J connectivity index is 1.74. The second kappa shape index (κ2) is 10.2. The van der Waals surface area contributed by atoms with Gasteiger partial charge in [-0.3, -0.25) is 9.78 Å². The minimum atomic E-state index is -0.468. The normalized spacial score (nSPS) is 10.7. The molecule has 0 radical (unpaired) electrons. The number of amides is 1. The Morgan fingerprint density at radius 2 is 1.81 bits per heavy atom. The van der Waals surface area contributed by atoms with Crippen molar-refractivity contribution in [3.63, 3.8) is 0 Å². The molecule has 3 aromatic rings. The molecule has 1 N–H and O–H groups in total. The van der Waals surface area contributed by atoms with E-state index in [0.717, 1.165) is 16.9 Å². The first-order valence-corrected chi connectivity index (χ1v) is 9.66. The number of nitrogens with one attached hydrogen (secondary N) is 1. The molecular weight excluding hydrogens is 396 g/mol. The number of benzene rings is 2. The van der Waals surface area contributed by atoms with E-state index >= 15 is 0 Å². The van der Waals surface area contributed by atoms with Crippen LogP contribution in [-0.4, -0.2) is 42.9 Å². The highest BCUT2D eigenvalue weighted by atomic mass is 16.5. The molecule has 1 heterocycles. The van der Waals surface area contributed by atoms with Crippen LogP contribution in [0.1, 0.15) is 28.5 Å². The van der Waals surface area contributed by atoms with Gasteiger partial charge in [0, 0.05) is 17.2 Å². The van der Waals surface area contributed by atoms with Gasteiger partial charge in [-0.05, 0) is 49.7 Å². The van der Waals surface area contributed by atoms with Crippen LogP contribution in [0, 0.1) is 6.92 Å². The van der Waals surface area contributed by atoms with Crippen LogP contribution >= 0.6 is 0 Å². The lowest BCUT2D eigenvalue weighted by atomic mass is 10.1. The Morgan fingerprint density at radius 3 is 2.45 bits per heavy atom. The largest absolute Gasteiger partial charge is 0.497 e. The SMILES string of the molecule is CCOc1ccc(-c2cncc(C(=O)N/N=C/c3cc(OC)cc(OC)c3)n2)c(C)c1. The second-order valence-electron chi connectivity index (χ2n) is 6.54. The van der Waals surface area contributed by atoms with Crippen molar-refractivity contribution in [1.82, 2.24) is 15.4 Å². The van der Waals surface area contributed by atoms with Crippen LogP contribution in [0.5, 0.6) is 17.2 Å². The molecule has 0 saturated carbocycles. The molecule has 1 aromatic heterocycles. The molecule has 0 fully saturated rings. The van der Waals surface area contributed by atoms with Crippen molar-refractivity contribution in [2.75, 3.05) is 20.8 Å². The molecule has 0 saturated heterocycles. The van der Waals surface area contributed by atoms with Crippen molar-refractivity contribution in [2.45, 2.75) is 13.8 Å². The maximum absolute atomic E-state index is 12.5. The number of rotatable bonds is 8. The second-order valence-corrected chi connectivity index (χ2v) is 6.54. The van der Waals surface area contributed by atoms with Crippen LogP contribution in [0.15, 0.2) is 53.9 Å². The van der Waals surface area contributed by atoms with E-state index in [1.165, 1.54) is 12.4 Å². The molecule has 2 aromatic carbocycles. The van der Waals surface area contributed by atoms with E-state index in [0.29, 0.717) is 29.4 Å². The molecule has 8 heteroatoms. The fraction of sp³-hybridized carbons (Fsp3) is 0.217. The van der Waals surface area contributed by atoms with E-state index < -0.39 is 5.91 Å². The lowest BCUT2D eigenvalue weighted by Crippen LogP contribution is -2.19. The van der Waals surface area contributed by atoms with Gasteiger partial charge in [-0.25, -0.2) is 10.4 Å². The van der Waals surface area contributed by atoms with Gasteiger partial charge in [-0.2, -0.15) is 5.10 Å². The summed E-state index contributed by atoms with van der Waals surface area (Å²) in [5.41, 5.74) is 5.78. The molecule has 0 spiro atoms. The zero-order valence-electron chi connectivity index (χ0n) is 17.9. The summed E-state index contributed by atoms with van der Waals surface area (Å²) in [5, 5.41) is 4.00. The number of nitrogens with zero attached hydrogens (tertiary/aromatic N) is 3. The summed E-state index contributed by atoms with van der Waals surface area (Å²) in [6.07, 6.45) is 4.51. The molecule has 0 bridgehead atoms. The summed E-state index contributed by atoms with van der Waals surface area (Å²) in [7, 11) is 3.13. The van der Waals surface area contributed by atoms with Gasteiger partial charge in [0.1, 0.15) is 22.9 Å². The maximum atomic E-state index is 12.5. The maximum Gasteiger partial charge on any atom is 0.291 e. The van der Waals surface area contributed by atoms with Gasteiger partial charge in [-0.15, -0.1) is 0 Å². The molecule has 0 aliphatic heterocycles. The highest BCUT2D eigenvalue weighted by molar-refractivity contribution is 5.93. The number of hydrogen-bond donors (Lipinski definition) is 1. The van der Waals surface area contributed by atoms with E-state index in [9.17, 15) is 4.79 Å². The predicted octanol–water partition coefficient (Wildman–Crippen LogP) is 3.63. The van der Waals surface area contributed by atoms with Gasteiger partial charge in [0.2, 0.25) is 0 Å². The zero-order valence-corrected chi connectivity index (χ0v) is 17.9. The van der Waals surface area contributed by atoms with Gasteiger partial charge in [-0.1, -0.05) is 0 Å². The zero-order chi connectivity index (χ0) is 22.2. The Labute approximate surface area is 180 Å². The fourth-order valence-corrected chi connectivity index (χ4v) is 2.91. The number of ether oxygens (including phenoxy) is 3. The first-order chi connectivity index (χ1) is 15.0. The quantitative estimate of drug-likeness (QED) is 0.442. The number of aryl methyl sites for hydroxylation is 1. The molecule has 0 atom stereocenters. The van der Waals surface area contributed by atoms with Crippen molar-refractivity contribution in [2.24, 2.45) is 5.10 Å². The van der Waals surface area contributed by atoms with Gasteiger partial charge >= 0.3 is 0 Å². The molecule has 3 rings (SSSR count). The topological polar surface area (TPSA) is 94.9 Å². The number of hydrogen-bond acceptors (Lipinski definition) is 7. The molecule has 0 aliphatic carbocycles. The van der Waals surface area contributed by atoms with Crippen LogP contribution in [0.3, 0.4) is 0 Å². The number of methoxy groups -OCH3 is 2. The molecule has 160 valence electrons. The first kappa shape index (κ1) is 21.8. The molecule has 1 amide bonds. The highest BCUT2D eigenvalue weighted by Gasteiger charge is 2.11. The van der Waals surface area contributed by atoms with Crippen LogP contribution in [0.2, 0.25) is 0 Å². The van der Waals surface area contributed by atoms with Crippen molar-refractivity contribution in [3.05, 3.63) is 65.6 Å². The van der Waals surface area contributed by atoms with Crippen LogP contribution in [-0.2, 0) is 0 Å². The first-order valence-electron chi connectivity index (χ1n) is 9.66. The Hall–Kier alpha value is -3.94. The van der Waals surface area contributed by atoms with Gasteiger partial charge in [0.25, 0.3) is 5.91 Å². The van der Waals surface area contributed by atoms with Gasteiger partial charge in [0.15, 0.2) is 0 Å². The van der Waals surface area contributed by atoms with Crippen molar-refractivity contribution < 1.29 is 19.0 Å². The summed E-state index contributed by atoms with van der Waals surface area (Å²) in [5.74, 6) is 1.56. The van der Waals surface area contributed by atoms with Crippen molar-refractivity contribution in [1.29, 1.82) is 0 Å². The Kier molecular flexibility index (Phi) is 7.16. The average Bonchev–Trinajstić information content (AvgIpc) is 2.79. The van der Waals surface area contributed by atoms with Gasteiger partial charge in [0.05, 0.1) is 45.1 Å². The minimum Gasteiger partial charge on any atom is -0.497 e.